The predicted molar refractivity (Wildman–Crippen MR) is 80.5 cm³/mol. The number of rotatable bonds is 4. The fourth-order valence-electron chi connectivity index (χ4n) is 2.41. The Kier molecular flexibility index (Phi) is 3.96. The lowest BCUT2D eigenvalue weighted by Crippen LogP contribution is -2.17. The summed E-state index contributed by atoms with van der Waals surface area (Å²) in [4.78, 5) is 0. The maximum atomic E-state index is 12.2. The van der Waals surface area contributed by atoms with E-state index in [0.29, 0.717) is 12.2 Å². The zero-order valence-electron chi connectivity index (χ0n) is 12.3. The molecule has 0 aliphatic rings. The van der Waals surface area contributed by atoms with Crippen LogP contribution in [0.4, 0.5) is 13.2 Å². The van der Waals surface area contributed by atoms with Crippen molar-refractivity contribution in [3.05, 3.63) is 54.2 Å². The number of nitrogens with zero attached hydrogens (tertiary/aromatic N) is 2. The molecule has 0 aliphatic heterocycles. The molecule has 3 rings (SSSR count). The number of hydrogen-bond donors (Lipinski definition) is 1. The molecular weight excluding hydrogens is 307 g/mol. The van der Waals surface area contributed by atoms with Gasteiger partial charge in [-0.3, -0.25) is 0 Å². The van der Waals surface area contributed by atoms with E-state index in [-0.39, 0.29) is 5.75 Å². The number of hydrogen-bond acceptors (Lipinski definition) is 3. The number of benzene rings is 2. The molecule has 0 amide bonds. The monoisotopic (exact) mass is 321 g/mol. The molecule has 3 aromatic rings. The van der Waals surface area contributed by atoms with Crippen LogP contribution in [0.1, 0.15) is 5.69 Å². The molecule has 1 heterocycles. The Bertz CT molecular complexity index is 810. The smallest absolute Gasteiger partial charge is 0.406 e. The standard InChI is InChI=1S/C16H14F3N3O/c1-20-10-14-13-4-2-3-5-15(13)22(21-14)11-6-8-12(9-7-11)23-16(17,18)19/h2-9,20H,10H2,1H3. The van der Waals surface area contributed by atoms with Crippen LogP contribution in [0.15, 0.2) is 48.5 Å². The van der Waals surface area contributed by atoms with Crippen molar-refractivity contribution in [2.24, 2.45) is 0 Å². The van der Waals surface area contributed by atoms with E-state index in [1.165, 1.54) is 12.1 Å². The van der Waals surface area contributed by atoms with Crippen LogP contribution in [0.2, 0.25) is 0 Å². The van der Waals surface area contributed by atoms with Gasteiger partial charge in [-0.1, -0.05) is 18.2 Å². The van der Waals surface area contributed by atoms with Crippen LogP contribution < -0.4 is 10.1 Å². The lowest BCUT2D eigenvalue weighted by atomic mass is 10.2. The highest BCUT2D eigenvalue weighted by atomic mass is 19.4. The van der Waals surface area contributed by atoms with Gasteiger partial charge in [0, 0.05) is 11.9 Å². The van der Waals surface area contributed by atoms with Crippen LogP contribution in [-0.4, -0.2) is 23.2 Å². The van der Waals surface area contributed by atoms with E-state index >= 15 is 0 Å². The second-order valence-electron chi connectivity index (χ2n) is 4.95. The number of ether oxygens (including phenoxy) is 1. The Morgan fingerprint density at radius 2 is 1.78 bits per heavy atom. The lowest BCUT2D eigenvalue weighted by molar-refractivity contribution is -0.274. The van der Waals surface area contributed by atoms with Gasteiger partial charge in [0.15, 0.2) is 0 Å². The molecule has 0 radical (unpaired) electrons. The third kappa shape index (κ3) is 3.29. The zero-order valence-corrected chi connectivity index (χ0v) is 12.3. The first-order valence-electron chi connectivity index (χ1n) is 6.95. The van der Waals surface area contributed by atoms with Crippen molar-refractivity contribution in [2.45, 2.75) is 12.9 Å². The first kappa shape index (κ1) is 15.4. The Morgan fingerprint density at radius 1 is 1.09 bits per heavy atom. The van der Waals surface area contributed by atoms with Crippen LogP contribution in [0, 0.1) is 0 Å². The van der Waals surface area contributed by atoms with Gasteiger partial charge in [-0.2, -0.15) is 5.10 Å². The highest BCUT2D eigenvalue weighted by Gasteiger charge is 2.31. The van der Waals surface area contributed by atoms with Gasteiger partial charge in [-0.05, 0) is 37.4 Å². The van der Waals surface area contributed by atoms with Crippen molar-refractivity contribution < 1.29 is 17.9 Å². The lowest BCUT2D eigenvalue weighted by Gasteiger charge is -2.09. The van der Waals surface area contributed by atoms with E-state index in [0.717, 1.165) is 16.6 Å². The predicted octanol–water partition coefficient (Wildman–Crippen LogP) is 3.64. The first-order chi connectivity index (χ1) is 11.0. The molecule has 23 heavy (non-hydrogen) atoms. The molecule has 0 bridgehead atoms. The van der Waals surface area contributed by atoms with E-state index in [2.05, 4.69) is 15.2 Å². The van der Waals surface area contributed by atoms with Crippen molar-refractivity contribution in [3.63, 3.8) is 0 Å². The maximum absolute atomic E-state index is 12.2. The maximum Gasteiger partial charge on any atom is 0.573 e. The van der Waals surface area contributed by atoms with Gasteiger partial charge in [0.2, 0.25) is 0 Å². The second kappa shape index (κ2) is 5.92. The molecular formula is C16H14F3N3O. The molecule has 1 N–H and O–H groups in total. The van der Waals surface area contributed by atoms with E-state index in [9.17, 15) is 13.2 Å². The average Bonchev–Trinajstić information content (AvgIpc) is 2.86. The van der Waals surface area contributed by atoms with Crippen LogP contribution in [0.25, 0.3) is 16.6 Å². The molecule has 0 unspecified atom stereocenters. The van der Waals surface area contributed by atoms with Gasteiger partial charge in [-0.15, -0.1) is 13.2 Å². The molecule has 0 aliphatic carbocycles. The average molecular weight is 321 g/mol. The molecule has 1 aromatic heterocycles. The van der Waals surface area contributed by atoms with Gasteiger partial charge < -0.3 is 10.1 Å². The SMILES string of the molecule is CNCc1nn(-c2ccc(OC(F)(F)F)cc2)c2ccccc12. The number of para-hydroxylation sites is 1. The summed E-state index contributed by atoms with van der Waals surface area (Å²) in [7, 11) is 1.83. The van der Waals surface area contributed by atoms with Crippen molar-refractivity contribution in [1.29, 1.82) is 0 Å². The van der Waals surface area contributed by atoms with Crippen molar-refractivity contribution in [3.8, 4) is 11.4 Å². The van der Waals surface area contributed by atoms with Crippen LogP contribution >= 0.6 is 0 Å². The molecule has 0 spiro atoms. The third-order valence-electron chi connectivity index (χ3n) is 3.32. The molecule has 0 atom stereocenters. The summed E-state index contributed by atoms with van der Waals surface area (Å²) < 4.78 is 42.2. The minimum absolute atomic E-state index is 0.256. The number of aromatic nitrogens is 2. The van der Waals surface area contributed by atoms with Crippen LogP contribution in [0.3, 0.4) is 0 Å². The fraction of sp³-hybridized carbons (Fsp3) is 0.188. The number of halogens is 3. The van der Waals surface area contributed by atoms with Crippen LogP contribution in [-0.2, 0) is 6.54 Å². The summed E-state index contributed by atoms with van der Waals surface area (Å²) in [5.41, 5.74) is 2.43. The molecule has 0 fully saturated rings. The Balaban J connectivity index is 2.00. The minimum Gasteiger partial charge on any atom is -0.406 e. The number of alkyl halides is 3. The summed E-state index contributed by atoms with van der Waals surface area (Å²) in [6, 6.07) is 13.3. The van der Waals surface area contributed by atoms with Crippen molar-refractivity contribution in [1.82, 2.24) is 15.1 Å². The normalized spacial score (nSPS) is 11.8. The number of nitrogens with one attached hydrogen (secondary N) is 1. The Labute approximate surface area is 130 Å². The molecule has 0 saturated carbocycles. The van der Waals surface area contributed by atoms with Gasteiger partial charge in [0.25, 0.3) is 0 Å². The molecule has 0 saturated heterocycles. The zero-order chi connectivity index (χ0) is 16.4. The summed E-state index contributed by atoms with van der Waals surface area (Å²) in [5, 5.41) is 8.60. The summed E-state index contributed by atoms with van der Waals surface area (Å²) in [6.45, 7) is 0.600. The van der Waals surface area contributed by atoms with E-state index in [4.69, 9.17) is 0 Å². The van der Waals surface area contributed by atoms with Crippen molar-refractivity contribution >= 4 is 10.9 Å². The van der Waals surface area contributed by atoms with Gasteiger partial charge >= 0.3 is 6.36 Å². The van der Waals surface area contributed by atoms with Crippen molar-refractivity contribution in [2.75, 3.05) is 7.05 Å². The largest absolute Gasteiger partial charge is 0.573 e. The fourth-order valence-corrected chi connectivity index (χ4v) is 2.41. The molecule has 7 heteroatoms. The second-order valence-corrected chi connectivity index (χ2v) is 4.95. The highest BCUT2D eigenvalue weighted by Crippen LogP contribution is 2.26. The topological polar surface area (TPSA) is 39.1 Å². The van der Waals surface area contributed by atoms with Gasteiger partial charge in [0.05, 0.1) is 16.9 Å². The van der Waals surface area contributed by atoms with E-state index in [1.54, 1.807) is 16.8 Å². The molecule has 2 aromatic carbocycles. The van der Waals surface area contributed by atoms with Gasteiger partial charge in [0.1, 0.15) is 5.75 Å². The van der Waals surface area contributed by atoms with Gasteiger partial charge in [-0.25, -0.2) is 4.68 Å². The molecule has 120 valence electrons. The molecule has 4 nitrogen and oxygen atoms in total. The first-order valence-corrected chi connectivity index (χ1v) is 6.95. The quantitative estimate of drug-likeness (QED) is 0.797. The van der Waals surface area contributed by atoms with E-state index in [1.807, 2.05) is 31.3 Å². The van der Waals surface area contributed by atoms with Crippen LogP contribution in [0.5, 0.6) is 5.75 Å². The Morgan fingerprint density at radius 3 is 2.43 bits per heavy atom. The summed E-state index contributed by atoms with van der Waals surface area (Å²) in [6.07, 6.45) is -4.69. The third-order valence-corrected chi connectivity index (χ3v) is 3.32. The minimum atomic E-state index is -4.69. The highest BCUT2D eigenvalue weighted by molar-refractivity contribution is 5.83. The summed E-state index contributed by atoms with van der Waals surface area (Å²) >= 11 is 0. The summed E-state index contributed by atoms with van der Waals surface area (Å²) in [5.74, 6) is -0.256. The van der Waals surface area contributed by atoms with E-state index < -0.39 is 6.36 Å². The Hall–Kier alpha value is -2.54. The number of fused-ring (bicyclic) bond motifs is 1.